The van der Waals surface area contributed by atoms with Crippen LogP contribution in [-0.4, -0.2) is 78.2 Å². The zero-order valence-corrected chi connectivity index (χ0v) is 17.4. The van der Waals surface area contributed by atoms with Crippen molar-refractivity contribution in [2.75, 3.05) is 57.9 Å². The summed E-state index contributed by atoms with van der Waals surface area (Å²) >= 11 is 0. The van der Waals surface area contributed by atoms with E-state index in [9.17, 15) is 4.79 Å². The lowest BCUT2D eigenvalue weighted by Gasteiger charge is -2.33. The number of rotatable bonds is 6. The molecule has 2 fully saturated rings. The van der Waals surface area contributed by atoms with Gasteiger partial charge in [0.1, 0.15) is 11.9 Å². The fourth-order valence-corrected chi connectivity index (χ4v) is 3.74. The van der Waals surface area contributed by atoms with Crippen LogP contribution < -0.4 is 5.32 Å². The van der Waals surface area contributed by atoms with E-state index < -0.39 is 0 Å². The van der Waals surface area contributed by atoms with Gasteiger partial charge in [-0.25, -0.2) is 4.98 Å². The van der Waals surface area contributed by atoms with Crippen molar-refractivity contribution in [3.05, 3.63) is 47.9 Å². The molecule has 1 N–H and O–H groups in total. The van der Waals surface area contributed by atoms with Crippen LogP contribution in [0.2, 0.25) is 0 Å². The van der Waals surface area contributed by atoms with Crippen molar-refractivity contribution in [2.45, 2.75) is 19.4 Å². The molecule has 2 aliphatic rings. The van der Waals surface area contributed by atoms with Crippen LogP contribution in [-0.2, 0) is 14.3 Å². The summed E-state index contributed by atoms with van der Waals surface area (Å²) in [6, 6.07) is 9.86. The van der Waals surface area contributed by atoms with Gasteiger partial charge in [0.25, 0.3) is 0 Å². The zero-order chi connectivity index (χ0) is 20.8. The molecule has 0 radical (unpaired) electrons. The maximum absolute atomic E-state index is 12.4. The van der Waals surface area contributed by atoms with E-state index in [2.05, 4.69) is 20.2 Å². The summed E-state index contributed by atoms with van der Waals surface area (Å²) in [6.07, 6.45) is 2.26. The zero-order valence-electron chi connectivity index (χ0n) is 17.4. The SMILES string of the molecule is Cc1cccc(Nc2ccc([C@@H]3CN(CCC(=O)N4CCOCC4)CCO3)nc2)n1. The molecule has 0 bridgehead atoms. The third-order valence-electron chi connectivity index (χ3n) is 5.43. The van der Waals surface area contributed by atoms with Gasteiger partial charge in [-0.3, -0.25) is 14.7 Å². The summed E-state index contributed by atoms with van der Waals surface area (Å²) in [7, 11) is 0. The Morgan fingerprint density at radius 1 is 1.17 bits per heavy atom. The molecular weight excluding hydrogens is 382 g/mol. The Kier molecular flexibility index (Phi) is 6.88. The van der Waals surface area contributed by atoms with Crippen LogP contribution in [0.4, 0.5) is 11.5 Å². The molecule has 2 aliphatic heterocycles. The number of aryl methyl sites for hydroxylation is 1. The van der Waals surface area contributed by atoms with E-state index in [0.29, 0.717) is 39.3 Å². The number of amides is 1. The van der Waals surface area contributed by atoms with Crippen molar-refractivity contribution in [1.29, 1.82) is 0 Å². The summed E-state index contributed by atoms with van der Waals surface area (Å²) in [6.45, 7) is 7.62. The molecule has 8 nitrogen and oxygen atoms in total. The number of aromatic nitrogens is 2. The number of carbonyl (C=O) groups excluding carboxylic acids is 1. The fourth-order valence-electron chi connectivity index (χ4n) is 3.74. The first kappa shape index (κ1) is 20.7. The maximum atomic E-state index is 12.4. The molecule has 0 spiro atoms. The Morgan fingerprint density at radius 2 is 2.03 bits per heavy atom. The minimum Gasteiger partial charge on any atom is -0.378 e. The van der Waals surface area contributed by atoms with Gasteiger partial charge >= 0.3 is 0 Å². The Bertz CT molecular complexity index is 839. The molecule has 2 saturated heterocycles. The van der Waals surface area contributed by atoms with Crippen molar-refractivity contribution in [1.82, 2.24) is 19.8 Å². The summed E-state index contributed by atoms with van der Waals surface area (Å²) < 4.78 is 11.3. The molecule has 0 aliphatic carbocycles. The monoisotopic (exact) mass is 411 g/mol. The number of morpholine rings is 2. The van der Waals surface area contributed by atoms with Crippen LogP contribution in [0.1, 0.15) is 23.9 Å². The molecule has 8 heteroatoms. The Balaban J connectivity index is 1.29. The Labute approximate surface area is 177 Å². The van der Waals surface area contributed by atoms with Gasteiger partial charge < -0.3 is 19.7 Å². The number of nitrogens with one attached hydrogen (secondary N) is 1. The number of anilines is 2. The van der Waals surface area contributed by atoms with Crippen molar-refractivity contribution in [3.8, 4) is 0 Å². The number of hydrogen-bond donors (Lipinski definition) is 1. The van der Waals surface area contributed by atoms with Gasteiger partial charge in [-0.2, -0.15) is 0 Å². The van der Waals surface area contributed by atoms with E-state index in [4.69, 9.17) is 9.47 Å². The summed E-state index contributed by atoms with van der Waals surface area (Å²) in [5.74, 6) is 1.01. The van der Waals surface area contributed by atoms with Crippen LogP contribution in [0.3, 0.4) is 0 Å². The topological polar surface area (TPSA) is 79.8 Å². The minimum atomic E-state index is -0.0802. The number of ether oxygens (including phenoxy) is 2. The molecule has 0 saturated carbocycles. The number of hydrogen-bond acceptors (Lipinski definition) is 7. The quantitative estimate of drug-likeness (QED) is 0.780. The Hall–Kier alpha value is -2.55. The first-order valence-electron chi connectivity index (χ1n) is 10.5. The lowest BCUT2D eigenvalue weighted by Crippen LogP contribution is -2.44. The van der Waals surface area contributed by atoms with Crippen LogP contribution >= 0.6 is 0 Å². The highest BCUT2D eigenvalue weighted by Crippen LogP contribution is 2.23. The smallest absolute Gasteiger partial charge is 0.224 e. The number of carbonyl (C=O) groups is 1. The van der Waals surface area contributed by atoms with Gasteiger partial charge in [0, 0.05) is 44.8 Å². The van der Waals surface area contributed by atoms with E-state index in [-0.39, 0.29) is 12.0 Å². The number of pyridine rings is 2. The van der Waals surface area contributed by atoms with E-state index >= 15 is 0 Å². The average molecular weight is 412 g/mol. The van der Waals surface area contributed by atoms with E-state index in [1.807, 2.05) is 48.4 Å². The first-order chi connectivity index (χ1) is 14.7. The second-order valence-corrected chi connectivity index (χ2v) is 7.66. The third kappa shape index (κ3) is 5.53. The third-order valence-corrected chi connectivity index (χ3v) is 5.43. The van der Waals surface area contributed by atoms with Crippen LogP contribution in [0.25, 0.3) is 0 Å². The molecule has 1 atom stereocenters. The number of nitrogens with zero attached hydrogens (tertiary/aromatic N) is 4. The van der Waals surface area contributed by atoms with Crippen molar-refractivity contribution >= 4 is 17.4 Å². The molecule has 30 heavy (non-hydrogen) atoms. The predicted molar refractivity (Wildman–Crippen MR) is 114 cm³/mol. The van der Waals surface area contributed by atoms with Gasteiger partial charge in [-0.15, -0.1) is 0 Å². The molecule has 160 valence electrons. The summed E-state index contributed by atoms with van der Waals surface area (Å²) in [5, 5.41) is 3.27. The average Bonchev–Trinajstić information content (AvgIpc) is 2.79. The Morgan fingerprint density at radius 3 is 2.80 bits per heavy atom. The van der Waals surface area contributed by atoms with Crippen LogP contribution in [0.5, 0.6) is 0 Å². The lowest BCUT2D eigenvalue weighted by molar-refractivity contribution is -0.136. The lowest BCUT2D eigenvalue weighted by atomic mass is 10.1. The molecule has 2 aromatic heterocycles. The molecule has 0 aromatic carbocycles. The molecule has 0 unspecified atom stereocenters. The summed E-state index contributed by atoms with van der Waals surface area (Å²) in [4.78, 5) is 25.6. The van der Waals surface area contributed by atoms with Gasteiger partial charge in [0.05, 0.1) is 37.4 Å². The molecule has 4 heterocycles. The second kappa shape index (κ2) is 9.97. The minimum absolute atomic E-state index is 0.0802. The molecular formula is C22H29N5O3. The fraction of sp³-hybridized carbons (Fsp3) is 0.500. The van der Waals surface area contributed by atoms with Gasteiger partial charge in [0.2, 0.25) is 5.91 Å². The van der Waals surface area contributed by atoms with Gasteiger partial charge in [0.15, 0.2) is 0 Å². The highest BCUT2D eigenvalue weighted by atomic mass is 16.5. The standard InChI is InChI=1S/C22H29N5O3/c1-17-3-2-4-21(24-17)25-18-5-6-19(23-15-18)20-16-26(9-14-30-20)8-7-22(28)27-10-12-29-13-11-27/h2-6,15,20H,7-14,16H2,1H3,(H,24,25)/t20-/m0/s1. The van der Waals surface area contributed by atoms with Crippen molar-refractivity contribution in [2.24, 2.45) is 0 Å². The largest absolute Gasteiger partial charge is 0.378 e. The van der Waals surface area contributed by atoms with Crippen LogP contribution in [0.15, 0.2) is 36.5 Å². The van der Waals surface area contributed by atoms with E-state index in [1.165, 1.54) is 0 Å². The van der Waals surface area contributed by atoms with Crippen molar-refractivity contribution < 1.29 is 14.3 Å². The van der Waals surface area contributed by atoms with Gasteiger partial charge in [-0.1, -0.05) is 6.07 Å². The van der Waals surface area contributed by atoms with Gasteiger partial charge in [-0.05, 0) is 31.2 Å². The van der Waals surface area contributed by atoms with E-state index in [1.54, 1.807) is 0 Å². The van der Waals surface area contributed by atoms with E-state index in [0.717, 1.165) is 42.5 Å². The molecule has 4 rings (SSSR count). The van der Waals surface area contributed by atoms with Crippen molar-refractivity contribution in [3.63, 3.8) is 0 Å². The maximum Gasteiger partial charge on any atom is 0.224 e. The highest BCUT2D eigenvalue weighted by molar-refractivity contribution is 5.76. The molecule has 1 amide bonds. The second-order valence-electron chi connectivity index (χ2n) is 7.66. The highest BCUT2D eigenvalue weighted by Gasteiger charge is 2.24. The summed E-state index contributed by atoms with van der Waals surface area (Å²) in [5.41, 5.74) is 2.76. The van der Waals surface area contributed by atoms with Crippen LogP contribution in [0, 0.1) is 6.92 Å². The normalized spacial score (nSPS) is 20.2. The first-order valence-corrected chi connectivity index (χ1v) is 10.5. The predicted octanol–water partition coefficient (Wildman–Crippen LogP) is 2.15. The molecule has 2 aromatic rings.